The van der Waals surface area contributed by atoms with Gasteiger partial charge in [-0.05, 0) is 39.5 Å². The van der Waals surface area contributed by atoms with Crippen LogP contribution in [0.25, 0.3) is 0 Å². The fraction of sp³-hybridized carbons (Fsp3) is 0.933. The second kappa shape index (κ2) is 5.62. The van der Waals surface area contributed by atoms with Crippen molar-refractivity contribution >= 4 is 5.97 Å². The van der Waals surface area contributed by atoms with Crippen molar-refractivity contribution < 1.29 is 9.53 Å². The number of carbonyl (C=O) groups is 1. The summed E-state index contributed by atoms with van der Waals surface area (Å²) in [4.78, 5) is 16.8. The van der Waals surface area contributed by atoms with Crippen molar-refractivity contribution in [3.63, 3.8) is 0 Å². The largest absolute Gasteiger partial charge is 0.468 e. The molecule has 0 radical (unpaired) electrons. The highest BCUT2D eigenvalue weighted by Gasteiger charge is 2.50. The van der Waals surface area contributed by atoms with Gasteiger partial charge in [0, 0.05) is 38.3 Å². The number of hydrogen-bond acceptors (Lipinski definition) is 5. The summed E-state index contributed by atoms with van der Waals surface area (Å²) < 4.78 is 4.93. The molecule has 0 aromatic rings. The molecule has 2 rings (SSSR count). The fourth-order valence-corrected chi connectivity index (χ4v) is 3.10. The second-order valence-electron chi connectivity index (χ2n) is 7.24. The first kappa shape index (κ1) is 15.7. The second-order valence-corrected chi connectivity index (χ2v) is 7.24. The summed E-state index contributed by atoms with van der Waals surface area (Å²) in [6.45, 7) is 11.4. The summed E-state index contributed by atoms with van der Waals surface area (Å²) in [5, 5.41) is 0. The van der Waals surface area contributed by atoms with Crippen LogP contribution < -0.4 is 5.73 Å². The van der Waals surface area contributed by atoms with Crippen molar-refractivity contribution in [3.8, 4) is 0 Å². The molecule has 116 valence electrons. The van der Waals surface area contributed by atoms with E-state index in [2.05, 4.69) is 30.6 Å². The van der Waals surface area contributed by atoms with Crippen LogP contribution in [0.5, 0.6) is 0 Å². The van der Waals surface area contributed by atoms with E-state index in [1.165, 1.54) is 7.11 Å². The lowest BCUT2D eigenvalue weighted by atomic mass is 9.93. The average molecular weight is 283 g/mol. The predicted octanol–water partition coefficient (Wildman–Crippen LogP) is 0.683. The van der Waals surface area contributed by atoms with Crippen LogP contribution in [0.3, 0.4) is 0 Å². The van der Waals surface area contributed by atoms with E-state index < -0.39 is 5.54 Å². The molecule has 20 heavy (non-hydrogen) atoms. The van der Waals surface area contributed by atoms with E-state index in [0.29, 0.717) is 12.5 Å². The zero-order valence-corrected chi connectivity index (χ0v) is 13.3. The molecule has 1 saturated heterocycles. The van der Waals surface area contributed by atoms with Gasteiger partial charge >= 0.3 is 5.97 Å². The molecular weight excluding hydrogens is 254 g/mol. The number of carbonyl (C=O) groups excluding carboxylic acids is 1. The van der Waals surface area contributed by atoms with Crippen molar-refractivity contribution in [2.24, 2.45) is 11.7 Å². The molecule has 0 amide bonds. The molecule has 5 heteroatoms. The van der Waals surface area contributed by atoms with Crippen LogP contribution in [-0.2, 0) is 9.53 Å². The molecular formula is C15H29N3O2. The molecule has 0 bridgehead atoms. The summed E-state index contributed by atoms with van der Waals surface area (Å²) in [6.07, 6.45) is 2.10. The van der Waals surface area contributed by atoms with Gasteiger partial charge in [0.15, 0.2) is 0 Å². The Bertz CT molecular complexity index is 355. The van der Waals surface area contributed by atoms with E-state index in [-0.39, 0.29) is 11.5 Å². The minimum Gasteiger partial charge on any atom is -0.468 e. The van der Waals surface area contributed by atoms with Crippen molar-refractivity contribution in [3.05, 3.63) is 0 Å². The normalized spacial score (nSPS) is 25.2. The quantitative estimate of drug-likeness (QED) is 0.769. The molecule has 1 saturated carbocycles. The topological polar surface area (TPSA) is 58.8 Å². The van der Waals surface area contributed by atoms with E-state index >= 15 is 0 Å². The predicted molar refractivity (Wildman–Crippen MR) is 79.4 cm³/mol. The van der Waals surface area contributed by atoms with Gasteiger partial charge in [-0.25, -0.2) is 0 Å². The molecule has 2 N–H and O–H groups in total. The molecule has 1 heterocycles. The van der Waals surface area contributed by atoms with Gasteiger partial charge in [-0.2, -0.15) is 0 Å². The van der Waals surface area contributed by atoms with E-state index in [1.54, 1.807) is 0 Å². The van der Waals surface area contributed by atoms with Crippen LogP contribution in [0.15, 0.2) is 0 Å². The van der Waals surface area contributed by atoms with E-state index in [9.17, 15) is 4.79 Å². The summed E-state index contributed by atoms with van der Waals surface area (Å²) >= 11 is 0. The molecule has 1 aliphatic heterocycles. The number of hydrogen-bond donors (Lipinski definition) is 1. The standard InChI is InChI=1S/C15H29N3O2/c1-14(2,3)18-9-7-17(8-10-18)11-15(16,12-5-6-12)13(19)20-4/h12H,5-11,16H2,1-4H3. The Kier molecular flexibility index (Phi) is 4.42. The molecule has 0 aromatic carbocycles. The van der Waals surface area contributed by atoms with Gasteiger partial charge < -0.3 is 10.5 Å². The number of ether oxygens (including phenoxy) is 1. The molecule has 1 unspecified atom stereocenters. The third-order valence-corrected chi connectivity index (χ3v) is 4.68. The first-order valence-corrected chi connectivity index (χ1v) is 7.62. The highest BCUT2D eigenvalue weighted by atomic mass is 16.5. The molecule has 2 aliphatic rings. The minimum atomic E-state index is -0.807. The van der Waals surface area contributed by atoms with Crippen molar-refractivity contribution in [1.82, 2.24) is 9.80 Å². The van der Waals surface area contributed by atoms with E-state index in [4.69, 9.17) is 10.5 Å². The highest BCUT2D eigenvalue weighted by molar-refractivity contribution is 5.81. The van der Waals surface area contributed by atoms with Gasteiger partial charge in [0.2, 0.25) is 0 Å². The van der Waals surface area contributed by atoms with E-state index in [0.717, 1.165) is 39.0 Å². The Morgan fingerprint density at radius 2 is 1.75 bits per heavy atom. The first-order valence-electron chi connectivity index (χ1n) is 7.62. The maximum absolute atomic E-state index is 12.0. The lowest BCUT2D eigenvalue weighted by Crippen LogP contribution is -2.62. The molecule has 5 nitrogen and oxygen atoms in total. The number of esters is 1. The van der Waals surface area contributed by atoms with Gasteiger partial charge in [-0.15, -0.1) is 0 Å². The van der Waals surface area contributed by atoms with Crippen LogP contribution in [0.4, 0.5) is 0 Å². The van der Waals surface area contributed by atoms with Gasteiger partial charge in [0.25, 0.3) is 0 Å². The number of rotatable bonds is 4. The van der Waals surface area contributed by atoms with Crippen LogP contribution in [-0.4, -0.2) is 66.7 Å². The maximum atomic E-state index is 12.0. The average Bonchev–Trinajstić information content (AvgIpc) is 3.21. The van der Waals surface area contributed by atoms with Gasteiger partial charge in [-0.1, -0.05) is 0 Å². The SMILES string of the molecule is COC(=O)C(N)(CN1CCN(C(C)(C)C)CC1)C1CC1. The van der Waals surface area contributed by atoms with Crippen molar-refractivity contribution in [1.29, 1.82) is 0 Å². The Hall–Kier alpha value is -0.650. The molecule has 1 atom stereocenters. The number of piperazine rings is 1. The Balaban J connectivity index is 1.92. The van der Waals surface area contributed by atoms with Crippen LogP contribution in [0.2, 0.25) is 0 Å². The minimum absolute atomic E-state index is 0.213. The lowest BCUT2D eigenvalue weighted by Gasteiger charge is -2.44. The lowest BCUT2D eigenvalue weighted by molar-refractivity contribution is -0.149. The first-order chi connectivity index (χ1) is 9.27. The van der Waals surface area contributed by atoms with Crippen molar-refractivity contribution in [2.45, 2.75) is 44.7 Å². The highest BCUT2D eigenvalue weighted by Crippen LogP contribution is 2.39. The van der Waals surface area contributed by atoms with Gasteiger partial charge in [0.1, 0.15) is 5.54 Å². The number of methoxy groups -OCH3 is 1. The zero-order chi connectivity index (χ0) is 15.0. The summed E-state index contributed by atoms with van der Waals surface area (Å²) in [5.74, 6) is 0.0499. The molecule has 0 spiro atoms. The molecule has 2 fully saturated rings. The Morgan fingerprint density at radius 3 is 2.15 bits per heavy atom. The van der Waals surface area contributed by atoms with Crippen LogP contribution in [0, 0.1) is 5.92 Å². The molecule has 0 aromatic heterocycles. The summed E-state index contributed by atoms with van der Waals surface area (Å²) in [7, 11) is 1.43. The van der Waals surface area contributed by atoms with Crippen LogP contribution >= 0.6 is 0 Å². The molecule has 1 aliphatic carbocycles. The Morgan fingerprint density at radius 1 is 1.20 bits per heavy atom. The third kappa shape index (κ3) is 3.32. The zero-order valence-electron chi connectivity index (χ0n) is 13.3. The maximum Gasteiger partial charge on any atom is 0.327 e. The number of nitrogens with two attached hydrogens (primary N) is 1. The van der Waals surface area contributed by atoms with Gasteiger partial charge in [0.05, 0.1) is 7.11 Å². The van der Waals surface area contributed by atoms with Crippen molar-refractivity contribution in [2.75, 3.05) is 39.8 Å². The summed E-state index contributed by atoms with van der Waals surface area (Å²) in [6, 6.07) is 0. The monoisotopic (exact) mass is 283 g/mol. The van der Waals surface area contributed by atoms with E-state index in [1.807, 2.05) is 0 Å². The summed E-state index contributed by atoms with van der Waals surface area (Å²) in [5.41, 5.74) is 5.78. The number of nitrogens with zero attached hydrogens (tertiary/aromatic N) is 2. The Labute approximate surface area is 122 Å². The fourth-order valence-electron chi connectivity index (χ4n) is 3.10. The van der Waals surface area contributed by atoms with Gasteiger partial charge in [-0.3, -0.25) is 14.6 Å². The smallest absolute Gasteiger partial charge is 0.327 e. The van der Waals surface area contributed by atoms with Crippen LogP contribution in [0.1, 0.15) is 33.6 Å². The third-order valence-electron chi connectivity index (χ3n) is 4.68.